The zero-order valence-corrected chi connectivity index (χ0v) is 13.1. The van der Waals surface area contributed by atoms with E-state index in [0.717, 1.165) is 33.1 Å². The molecule has 0 amide bonds. The fourth-order valence-corrected chi connectivity index (χ4v) is 3.12. The van der Waals surface area contributed by atoms with Gasteiger partial charge in [0.25, 0.3) is 0 Å². The first-order valence-electron chi connectivity index (χ1n) is 7.28. The fraction of sp³-hybridized carbons (Fsp3) is 0. The van der Waals surface area contributed by atoms with Crippen LogP contribution in [0.5, 0.6) is 0 Å². The molecule has 4 aromatic heterocycles. The Balaban J connectivity index is 1.91. The van der Waals surface area contributed by atoms with Gasteiger partial charge in [-0.2, -0.15) is 0 Å². The number of hydrogen-bond donors (Lipinski definition) is 0. The van der Waals surface area contributed by atoms with E-state index >= 15 is 0 Å². The maximum absolute atomic E-state index is 4.80. The van der Waals surface area contributed by atoms with Crippen molar-refractivity contribution in [3.05, 3.63) is 78.6 Å². The molecule has 0 fully saturated rings. The van der Waals surface area contributed by atoms with Crippen molar-refractivity contribution in [2.24, 2.45) is 0 Å². The molecule has 4 heteroatoms. The van der Waals surface area contributed by atoms with Gasteiger partial charge in [0.05, 0.1) is 22.0 Å². The van der Waals surface area contributed by atoms with E-state index in [4.69, 9.17) is 4.98 Å². The molecule has 0 aliphatic carbocycles. The Morgan fingerprint density at radius 3 is 2.30 bits per heavy atom. The van der Waals surface area contributed by atoms with Gasteiger partial charge in [0, 0.05) is 18.6 Å². The number of rotatable bonds is 3. The highest BCUT2D eigenvalue weighted by atomic mass is 32.1. The third-order valence-corrected chi connectivity index (χ3v) is 4.43. The minimum absolute atomic E-state index is 0.876. The zero-order chi connectivity index (χ0) is 15.5. The monoisotopic (exact) mass is 315 g/mol. The molecule has 0 aliphatic rings. The molecule has 0 N–H and O–H groups in total. The lowest BCUT2D eigenvalue weighted by molar-refractivity contribution is 1.25. The first kappa shape index (κ1) is 13.8. The van der Waals surface area contributed by atoms with Crippen LogP contribution in [0.4, 0.5) is 0 Å². The van der Waals surface area contributed by atoms with Gasteiger partial charge in [0.1, 0.15) is 0 Å². The van der Waals surface area contributed by atoms with Gasteiger partial charge in [-0.25, -0.2) is 4.98 Å². The number of thiophene rings is 1. The van der Waals surface area contributed by atoms with Gasteiger partial charge < -0.3 is 0 Å². The summed E-state index contributed by atoms with van der Waals surface area (Å²) in [6.07, 6.45) is 5.41. The molecular weight excluding hydrogens is 302 g/mol. The van der Waals surface area contributed by atoms with Gasteiger partial charge in [0.15, 0.2) is 0 Å². The molecule has 3 nitrogen and oxygen atoms in total. The Kier molecular flexibility index (Phi) is 3.66. The molecule has 4 heterocycles. The van der Waals surface area contributed by atoms with Gasteiger partial charge in [-0.1, -0.05) is 12.1 Å². The molecule has 4 aromatic rings. The minimum Gasteiger partial charge on any atom is -0.265 e. The molecule has 4 rings (SSSR count). The van der Waals surface area contributed by atoms with Crippen LogP contribution in [0.2, 0.25) is 0 Å². The highest BCUT2D eigenvalue weighted by molar-refractivity contribution is 7.13. The van der Waals surface area contributed by atoms with Crippen LogP contribution in [0, 0.1) is 0 Å². The summed E-state index contributed by atoms with van der Waals surface area (Å²) in [5.74, 6) is 0. The van der Waals surface area contributed by atoms with Crippen LogP contribution in [0.25, 0.3) is 33.1 Å². The lowest BCUT2D eigenvalue weighted by Gasteiger charge is -2.08. The summed E-state index contributed by atoms with van der Waals surface area (Å²) in [6, 6.07) is 18.2. The third kappa shape index (κ3) is 2.89. The summed E-state index contributed by atoms with van der Waals surface area (Å²) >= 11 is 1.69. The average Bonchev–Trinajstić information content (AvgIpc) is 3.18. The smallest absolute Gasteiger partial charge is 0.0900 e. The molecule has 0 aliphatic heterocycles. The highest BCUT2D eigenvalue weighted by Gasteiger charge is 2.09. The van der Waals surface area contributed by atoms with Crippen molar-refractivity contribution < 1.29 is 0 Å². The van der Waals surface area contributed by atoms with E-state index < -0.39 is 0 Å². The van der Waals surface area contributed by atoms with Crippen LogP contribution in [-0.2, 0) is 0 Å². The molecule has 0 aromatic carbocycles. The molecule has 0 atom stereocenters. The number of hydrogen-bond acceptors (Lipinski definition) is 4. The fourth-order valence-electron chi connectivity index (χ4n) is 2.44. The predicted molar refractivity (Wildman–Crippen MR) is 94.0 cm³/mol. The van der Waals surface area contributed by atoms with Crippen LogP contribution >= 0.6 is 11.3 Å². The van der Waals surface area contributed by atoms with Crippen molar-refractivity contribution in [1.29, 1.82) is 0 Å². The van der Waals surface area contributed by atoms with Crippen LogP contribution in [0.1, 0.15) is 0 Å². The largest absolute Gasteiger partial charge is 0.265 e. The van der Waals surface area contributed by atoms with Crippen molar-refractivity contribution in [2.75, 3.05) is 0 Å². The maximum atomic E-state index is 4.80. The third-order valence-electron chi connectivity index (χ3n) is 3.54. The van der Waals surface area contributed by atoms with Gasteiger partial charge in [-0.15, -0.1) is 11.3 Å². The van der Waals surface area contributed by atoms with Crippen molar-refractivity contribution in [3.8, 4) is 33.1 Å². The van der Waals surface area contributed by atoms with E-state index in [1.165, 1.54) is 0 Å². The lowest BCUT2D eigenvalue weighted by Crippen LogP contribution is -1.91. The number of nitrogens with zero attached hydrogens (tertiary/aromatic N) is 3. The molecule has 0 radical (unpaired) electrons. The predicted octanol–water partition coefficient (Wildman–Crippen LogP) is 4.93. The molecule has 0 saturated carbocycles. The lowest BCUT2D eigenvalue weighted by atomic mass is 10.0. The standard InChI is InChI=1S/C19H13N3S/c1-2-8-21-16(4-1)17-12-15(14-6-9-20-10-7-14)13-18(22-17)19-5-3-11-23-19/h1-13H. The normalized spacial score (nSPS) is 10.6. The van der Waals surface area contributed by atoms with E-state index in [2.05, 4.69) is 33.5 Å². The van der Waals surface area contributed by atoms with Crippen LogP contribution in [-0.4, -0.2) is 15.0 Å². The Morgan fingerprint density at radius 1 is 0.696 bits per heavy atom. The molecule has 0 spiro atoms. The van der Waals surface area contributed by atoms with Gasteiger partial charge in [0.2, 0.25) is 0 Å². The van der Waals surface area contributed by atoms with E-state index in [1.54, 1.807) is 29.9 Å². The van der Waals surface area contributed by atoms with Crippen LogP contribution in [0.3, 0.4) is 0 Å². The molecule has 0 bridgehead atoms. The minimum atomic E-state index is 0.876. The summed E-state index contributed by atoms with van der Waals surface area (Å²) in [7, 11) is 0. The van der Waals surface area contributed by atoms with E-state index in [1.807, 2.05) is 36.4 Å². The van der Waals surface area contributed by atoms with Gasteiger partial charge in [-0.05, 0) is 59.0 Å². The summed E-state index contributed by atoms with van der Waals surface area (Å²) in [5, 5.41) is 2.07. The first-order valence-corrected chi connectivity index (χ1v) is 8.16. The second-order valence-electron chi connectivity index (χ2n) is 5.05. The summed E-state index contributed by atoms with van der Waals surface area (Å²) in [5.41, 5.74) is 4.96. The van der Waals surface area contributed by atoms with E-state index in [9.17, 15) is 0 Å². The molecule has 0 unspecified atom stereocenters. The molecular formula is C19H13N3S. The maximum Gasteiger partial charge on any atom is 0.0900 e. The second-order valence-corrected chi connectivity index (χ2v) is 6.00. The Bertz CT molecular complexity index is 846. The Hall–Kier alpha value is -2.85. The SMILES string of the molecule is c1ccc(-c2cc(-c3ccncc3)cc(-c3cccs3)n2)nc1. The van der Waals surface area contributed by atoms with Crippen molar-refractivity contribution in [2.45, 2.75) is 0 Å². The quantitative estimate of drug-likeness (QED) is 0.538. The van der Waals surface area contributed by atoms with E-state index in [0.29, 0.717) is 0 Å². The van der Waals surface area contributed by atoms with Gasteiger partial charge in [-0.3, -0.25) is 9.97 Å². The Morgan fingerprint density at radius 2 is 1.57 bits per heavy atom. The van der Waals surface area contributed by atoms with Crippen LogP contribution < -0.4 is 0 Å². The molecule has 110 valence electrons. The summed E-state index contributed by atoms with van der Waals surface area (Å²) in [4.78, 5) is 14.5. The van der Waals surface area contributed by atoms with Crippen LogP contribution in [0.15, 0.2) is 78.6 Å². The second kappa shape index (κ2) is 6.10. The average molecular weight is 315 g/mol. The summed E-state index contributed by atoms with van der Waals surface area (Å²) < 4.78 is 0. The molecule has 23 heavy (non-hydrogen) atoms. The topological polar surface area (TPSA) is 38.7 Å². The van der Waals surface area contributed by atoms with Gasteiger partial charge >= 0.3 is 0 Å². The Labute approximate surface area is 138 Å². The molecule has 0 saturated heterocycles. The zero-order valence-electron chi connectivity index (χ0n) is 12.3. The van der Waals surface area contributed by atoms with Crippen molar-refractivity contribution >= 4 is 11.3 Å². The van der Waals surface area contributed by atoms with Crippen molar-refractivity contribution in [3.63, 3.8) is 0 Å². The van der Waals surface area contributed by atoms with Crippen molar-refractivity contribution in [1.82, 2.24) is 15.0 Å². The first-order chi connectivity index (χ1) is 11.4. The summed E-state index contributed by atoms with van der Waals surface area (Å²) in [6.45, 7) is 0. The van der Waals surface area contributed by atoms with E-state index in [-0.39, 0.29) is 0 Å². The highest BCUT2D eigenvalue weighted by Crippen LogP contribution is 2.31. The number of pyridine rings is 3. The number of aromatic nitrogens is 3.